The predicted octanol–water partition coefficient (Wildman–Crippen LogP) is 4.19. The van der Waals surface area contributed by atoms with Gasteiger partial charge in [-0.15, -0.1) is 0 Å². The molecular weight excluding hydrogens is 398 g/mol. The highest BCUT2D eigenvalue weighted by Gasteiger charge is 2.15. The molecule has 2 rings (SSSR count). The van der Waals surface area contributed by atoms with Crippen LogP contribution in [0.2, 0.25) is 5.02 Å². The molecule has 0 fully saturated rings. The van der Waals surface area contributed by atoms with E-state index in [0.717, 1.165) is 0 Å². The van der Waals surface area contributed by atoms with Gasteiger partial charge in [-0.2, -0.15) is 0 Å². The summed E-state index contributed by atoms with van der Waals surface area (Å²) < 4.78 is 21.0. The van der Waals surface area contributed by atoms with Crippen LogP contribution in [-0.4, -0.2) is 39.3 Å². The number of ether oxygens (including phenoxy) is 4. The summed E-state index contributed by atoms with van der Waals surface area (Å²) in [7, 11) is 2.98. The molecule has 1 amide bonds. The number of amides is 1. The number of carbonyl (C=O) groups excluding carboxylic acids is 2. The van der Waals surface area contributed by atoms with Crippen molar-refractivity contribution in [2.75, 3.05) is 32.8 Å². The van der Waals surface area contributed by atoms with E-state index in [9.17, 15) is 9.59 Å². The maximum Gasteiger partial charge on any atom is 0.338 e. The minimum absolute atomic E-state index is 0.249. The van der Waals surface area contributed by atoms with E-state index in [0.29, 0.717) is 40.5 Å². The van der Waals surface area contributed by atoms with Crippen LogP contribution < -0.4 is 19.5 Å². The minimum atomic E-state index is -0.651. The first-order valence-corrected chi connectivity index (χ1v) is 9.33. The molecule has 2 aromatic carbocycles. The molecule has 29 heavy (non-hydrogen) atoms. The van der Waals surface area contributed by atoms with Crippen LogP contribution in [0.25, 0.3) is 0 Å². The Morgan fingerprint density at radius 1 is 1.00 bits per heavy atom. The van der Waals surface area contributed by atoms with Crippen LogP contribution in [-0.2, 0) is 9.53 Å². The lowest BCUT2D eigenvalue weighted by atomic mass is 10.2. The van der Waals surface area contributed by atoms with Crippen molar-refractivity contribution in [2.45, 2.75) is 13.8 Å². The maximum absolute atomic E-state index is 12.2. The average molecular weight is 422 g/mol. The largest absolute Gasteiger partial charge is 0.495 e. The highest BCUT2D eigenvalue weighted by Crippen LogP contribution is 2.29. The van der Waals surface area contributed by atoms with Gasteiger partial charge in [-0.25, -0.2) is 4.79 Å². The molecule has 0 aliphatic carbocycles. The number of rotatable bonds is 9. The lowest BCUT2D eigenvalue weighted by Gasteiger charge is -2.13. The Kier molecular flexibility index (Phi) is 8.15. The number of hydrogen-bond donors (Lipinski definition) is 1. The summed E-state index contributed by atoms with van der Waals surface area (Å²) >= 11 is 6.02. The summed E-state index contributed by atoms with van der Waals surface area (Å²) in [5, 5.41) is 2.95. The van der Waals surface area contributed by atoms with Crippen molar-refractivity contribution in [3.05, 3.63) is 47.0 Å². The first kappa shape index (κ1) is 22.4. The number of halogens is 1. The Hall–Kier alpha value is -2.93. The van der Waals surface area contributed by atoms with E-state index in [-0.39, 0.29) is 5.56 Å². The van der Waals surface area contributed by atoms with Gasteiger partial charge in [0.25, 0.3) is 5.91 Å². The van der Waals surface area contributed by atoms with Gasteiger partial charge in [0.15, 0.2) is 18.1 Å². The zero-order valence-electron chi connectivity index (χ0n) is 16.8. The Bertz CT molecular complexity index is 868. The van der Waals surface area contributed by atoms with E-state index < -0.39 is 18.5 Å². The molecule has 0 aromatic heterocycles. The second-order valence-corrected chi connectivity index (χ2v) is 6.95. The van der Waals surface area contributed by atoms with E-state index in [1.165, 1.54) is 20.3 Å². The van der Waals surface area contributed by atoms with Gasteiger partial charge < -0.3 is 24.3 Å². The Morgan fingerprint density at radius 3 is 2.31 bits per heavy atom. The fourth-order valence-corrected chi connectivity index (χ4v) is 2.58. The van der Waals surface area contributed by atoms with Crippen molar-refractivity contribution in [1.29, 1.82) is 0 Å². The molecule has 0 aliphatic rings. The molecule has 156 valence electrons. The summed E-state index contributed by atoms with van der Waals surface area (Å²) in [6, 6.07) is 9.50. The molecular formula is C21H24ClNO6. The minimum Gasteiger partial charge on any atom is -0.495 e. The van der Waals surface area contributed by atoms with Gasteiger partial charge in [-0.05, 0) is 42.3 Å². The fraction of sp³-hybridized carbons (Fsp3) is 0.333. The summed E-state index contributed by atoms with van der Waals surface area (Å²) in [4.78, 5) is 24.3. The van der Waals surface area contributed by atoms with E-state index in [2.05, 4.69) is 5.32 Å². The second kappa shape index (κ2) is 10.6. The van der Waals surface area contributed by atoms with Gasteiger partial charge in [0.1, 0.15) is 5.75 Å². The van der Waals surface area contributed by atoms with Crippen LogP contribution in [0.5, 0.6) is 17.2 Å². The smallest absolute Gasteiger partial charge is 0.338 e. The maximum atomic E-state index is 12.2. The van der Waals surface area contributed by atoms with Crippen LogP contribution in [0, 0.1) is 5.92 Å². The predicted molar refractivity (Wildman–Crippen MR) is 110 cm³/mol. The number of methoxy groups -OCH3 is 2. The SMILES string of the molecule is COc1ccc(NC(=O)COC(=O)c2ccc(OCC(C)C)c(OC)c2)cc1Cl. The van der Waals surface area contributed by atoms with Crippen LogP contribution in [0.4, 0.5) is 5.69 Å². The van der Waals surface area contributed by atoms with Gasteiger partial charge in [-0.3, -0.25) is 4.79 Å². The fourth-order valence-electron chi connectivity index (χ4n) is 2.33. The first-order chi connectivity index (χ1) is 13.8. The zero-order valence-corrected chi connectivity index (χ0v) is 17.5. The third-order valence-corrected chi connectivity index (χ3v) is 4.04. The van der Waals surface area contributed by atoms with E-state index in [1.54, 1.807) is 30.3 Å². The number of hydrogen-bond acceptors (Lipinski definition) is 6. The van der Waals surface area contributed by atoms with Gasteiger partial charge in [0, 0.05) is 5.69 Å². The first-order valence-electron chi connectivity index (χ1n) is 8.95. The van der Waals surface area contributed by atoms with Crippen LogP contribution in [0.1, 0.15) is 24.2 Å². The number of anilines is 1. The number of esters is 1. The highest BCUT2D eigenvalue weighted by atomic mass is 35.5. The van der Waals surface area contributed by atoms with Crippen molar-refractivity contribution in [3.63, 3.8) is 0 Å². The van der Waals surface area contributed by atoms with Gasteiger partial charge in [0.2, 0.25) is 0 Å². The second-order valence-electron chi connectivity index (χ2n) is 6.54. The average Bonchev–Trinajstić information content (AvgIpc) is 2.70. The molecule has 1 N–H and O–H groups in total. The Morgan fingerprint density at radius 2 is 1.69 bits per heavy atom. The van der Waals surface area contributed by atoms with E-state index >= 15 is 0 Å². The Balaban J connectivity index is 1.94. The molecule has 0 aliphatic heterocycles. The molecule has 0 spiro atoms. The molecule has 0 saturated carbocycles. The summed E-state index contributed by atoms with van der Waals surface area (Å²) in [5.74, 6) is 0.642. The standard InChI is InChI=1S/C21H24ClNO6/c1-13(2)11-28-18-7-5-14(9-19(18)27-4)21(25)29-12-20(24)23-15-6-8-17(26-3)16(22)10-15/h5-10,13H,11-12H2,1-4H3,(H,23,24). The molecule has 2 aromatic rings. The van der Waals surface area contributed by atoms with Crippen molar-refractivity contribution in [1.82, 2.24) is 0 Å². The zero-order chi connectivity index (χ0) is 21.4. The van der Waals surface area contributed by atoms with E-state index in [4.69, 9.17) is 30.5 Å². The monoisotopic (exact) mass is 421 g/mol. The molecule has 7 nitrogen and oxygen atoms in total. The third-order valence-electron chi connectivity index (χ3n) is 3.74. The van der Waals surface area contributed by atoms with Crippen molar-refractivity contribution >= 4 is 29.2 Å². The molecule has 0 atom stereocenters. The summed E-state index contributed by atoms with van der Waals surface area (Å²) in [5.41, 5.74) is 0.712. The van der Waals surface area contributed by atoms with Crippen LogP contribution in [0.3, 0.4) is 0 Å². The quantitative estimate of drug-likeness (QED) is 0.611. The van der Waals surface area contributed by atoms with Crippen molar-refractivity contribution < 1.29 is 28.5 Å². The molecule has 0 heterocycles. The van der Waals surface area contributed by atoms with Gasteiger partial charge in [-0.1, -0.05) is 25.4 Å². The summed E-state index contributed by atoms with van der Waals surface area (Å²) in [6.07, 6.45) is 0. The van der Waals surface area contributed by atoms with Gasteiger partial charge in [0.05, 0.1) is 31.4 Å². The third kappa shape index (κ3) is 6.57. The number of carbonyl (C=O) groups is 2. The lowest BCUT2D eigenvalue weighted by Crippen LogP contribution is -2.21. The Labute approximate surface area is 174 Å². The number of benzene rings is 2. The molecule has 0 bridgehead atoms. The molecule has 0 unspecified atom stereocenters. The van der Waals surface area contributed by atoms with Gasteiger partial charge >= 0.3 is 5.97 Å². The van der Waals surface area contributed by atoms with Crippen molar-refractivity contribution in [3.8, 4) is 17.2 Å². The summed E-state index contributed by atoms with van der Waals surface area (Å²) in [6.45, 7) is 4.14. The number of nitrogens with one attached hydrogen (secondary N) is 1. The lowest BCUT2D eigenvalue weighted by molar-refractivity contribution is -0.119. The van der Waals surface area contributed by atoms with Crippen LogP contribution >= 0.6 is 11.6 Å². The molecule has 0 saturated heterocycles. The molecule has 0 radical (unpaired) electrons. The normalized spacial score (nSPS) is 10.4. The topological polar surface area (TPSA) is 83.1 Å². The van der Waals surface area contributed by atoms with Crippen molar-refractivity contribution in [2.24, 2.45) is 5.92 Å². The highest BCUT2D eigenvalue weighted by molar-refractivity contribution is 6.32. The van der Waals surface area contributed by atoms with E-state index in [1.807, 2.05) is 13.8 Å². The molecule has 8 heteroatoms. The van der Waals surface area contributed by atoms with Crippen LogP contribution in [0.15, 0.2) is 36.4 Å².